The summed E-state index contributed by atoms with van der Waals surface area (Å²) in [7, 11) is 0. The van der Waals surface area contributed by atoms with E-state index in [0.29, 0.717) is 11.0 Å². The lowest BCUT2D eigenvalue weighted by Crippen LogP contribution is -2.12. The highest BCUT2D eigenvalue weighted by molar-refractivity contribution is 7.26. The van der Waals surface area contributed by atoms with E-state index >= 15 is 0 Å². The smallest absolute Gasteiger partial charge is 0.103 e. The molecule has 0 saturated heterocycles. The number of nitriles is 4. The van der Waals surface area contributed by atoms with E-state index in [1.165, 1.54) is 0 Å². The van der Waals surface area contributed by atoms with Gasteiger partial charge in [0.15, 0.2) is 0 Å². The third-order valence-electron chi connectivity index (χ3n) is 15.4. The van der Waals surface area contributed by atoms with E-state index in [1.54, 1.807) is 22.7 Å². The zero-order valence-electron chi connectivity index (χ0n) is 42.3. The van der Waals surface area contributed by atoms with Crippen molar-refractivity contribution in [2.24, 2.45) is 0 Å². The van der Waals surface area contributed by atoms with Crippen molar-refractivity contribution in [1.29, 1.82) is 21.0 Å². The molecular formula is C70H38N8S2. The zero-order chi connectivity index (χ0) is 53.6. The van der Waals surface area contributed by atoms with E-state index in [0.717, 1.165) is 107 Å². The Bertz CT molecular complexity index is 4780. The zero-order valence-corrected chi connectivity index (χ0v) is 44.0. The van der Waals surface area contributed by atoms with Crippen LogP contribution in [-0.2, 0) is 0 Å². The number of hydrogen-bond acceptors (Lipinski definition) is 8. The van der Waals surface area contributed by atoms with Crippen LogP contribution >= 0.6 is 22.7 Å². The van der Waals surface area contributed by atoms with Crippen molar-refractivity contribution >= 4 is 141 Å². The molecule has 0 N–H and O–H groups in total. The van der Waals surface area contributed by atoms with Crippen LogP contribution in [0.5, 0.6) is 0 Å². The summed E-state index contributed by atoms with van der Waals surface area (Å²) in [6.07, 6.45) is 0. The highest BCUT2D eigenvalue weighted by Gasteiger charge is 2.32. The van der Waals surface area contributed by atoms with Crippen molar-refractivity contribution in [3.63, 3.8) is 0 Å². The van der Waals surface area contributed by atoms with Gasteiger partial charge in [0.05, 0.1) is 55.7 Å². The number of anilines is 6. The third kappa shape index (κ3) is 6.95. The van der Waals surface area contributed by atoms with Crippen molar-refractivity contribution in [2.75, 3.05) is 9.80 Å². The SMILES string of the molecule is N#Cc1c(C#N)c(-n2c3ccc(N(c4ccccc4)c4ccccc4)cc3c3cc4c(cc32)sc2ccccc24)c(C#N)c(C#N)c1-n1c2ccc(N(c3ccccc3)c3ccccc3)cc2c2cc3c(cc21)sc1ccccc13. The number of hydrogen-bond donors (Lipinski definition) is 0. The van der Waals surface area contributed by atoms with Crippen LogP contribution in [-0.4, -0.2) is 9.13 Å². The van der Waals surface area contributed by atoms with Crippen LogP contribution in [0.1, 0.15) is 22.3 Å². The first-order valence-corrected chi connectivity index (χ1v) is 27.6. The summed E-state index contributed by atoms with van der Waals surface area (Å²) in [5, 5.41) is 54.9. The summed E-state index contributed by atoms with van der Waals surface area (Å²) in [6, 6.07) is 88.6. The van der Waals surface area contributed by atoms with Crippen LogP contribution in [0.4, 0.5) is 34.1 Å². The second kappa shape index (κ2) is 18.4. The molecule has 0 saturated carbocycles. The molecule has 370 valence electrons. The highest BCUT2D eigenvalue weighted by atomic mass is 32.1. The minimum absolute atomic E-state index is 0.0125. The van der Waals surface area contributed by atoms with Crippen LogP contribution in [0, 0.1) is 45.3 Å². The molecule has 11 aromatic carbocycles. The number of rotatable bonds is 8. The lowest BCUT2D eigenvalue weighted by Gasteiger charge is -2.25. The maximum atomic E-state index is 11.8. The molecule has 4 heterocycles. The Kier molecular flexibility index (Phi) is 10.6. The minimum Gasteiger partial charge on any atom is -0.310 e. The maximum absolute atomic E-state index is 11.8. The molecule has 0 unspecified atom stereocenters. The summed E-state index contributed by atoms with van der Waals surface area (Å²) < 4.78 is 8.17. The minimum atomic E-state index is -0.0125. The molecule has 10 heteroatoms. The maximum Gasteiger partial charge on any atom is 0.103 e. The van der Waals surface area contributed by atoms with Crippen molar-refractivity contribution in [3.05, 3.63) is 253 Å². The monoisotopic (exact) mass is 1050 g/mol. The molecular weight excluding hydrogens is 1020 g/mol. The van der Waals surface area contributed by atoms with Gasteiger partial charge in [-0.05, 0) is 121 Å². The first-order chi connectivity index (χ1) is 39.5. The summed E-state index contributed by atoms with van der Waals surface area (Å²) in [6.45, 7) is 0. The second-order valence-corrected chi connectivity index (χ2v) is 21.8. The fourth-order valence-corrected chi connectivity index (χ4v) is 14.3. The van der Waals surface area contributed by atoms with E-state index in [-0.39, 0.29) is 33.6 Å². The van der Waals surface area contributed by atoms with Crippen molar-refractivity contribution in [3.8, 4) is 35.7 Å². The molecule has 8 nitrogen and oxygen atoms in total. The first kappa shape index (κ1) is 46.3. The van der Waals surface area contributed by atoms with E-state index in [1.807, 2.05) is 106 Å². The second-order valence-electron chi connectivity index (χ2n) is 19.7. The molecule has 4 aromatic heterocycles. The van der Waals surface area contributed by atoms with E-state index < -0.39 is 0 Å². The van der Waals surface area contributed by atoms with Crippen molar-refractivity contribution in [1.82, 2.24) is 9.13 Å². The summed E-state index contributed by atoms with van der Waals surface area (Å²) in [5.74, 6) is 0. The molecule has 0 aliphatic rings. The van der Waals surface area contributed by atoms with E-state index in [9.17, 15) is 21.0 Å². The molecule has 0 spiro atoms. The highest BCUT2D eigenvalue weighted by Crippen LogP contribution is 2.48. The number of aromatic nitrogens is 2. The Hall–Kier alpha value is -11.0. The number of para-hydroxylation sites is 4. The topological polar surface area (TPSA) is 111 Å². The van der Waals surface area contributed by atoms with Gasteiger partial charge in [0.2, 0.25) is 0 Å². The van der Waals surface area contributed by atoms with Gasteiger partial charge in [0.25, 0.3) is 0 Å². The Labute approximate surface area is 466 Å². The Morgan fingerprint density at radius 3 is 0.912 bits per heavy atom. The molecule has 0 aliphatic carbocycles. The Morgan fingerprint density at radius 1 is 0.263 bits per heavy atom. The molecule has 15 aromatic rings. The number of fused-ring (bicyclic) bond motifs is 12. The summed E-state index contributed by atoms with van der Waals surface area (Å²) in [5.41, 5.74) is 8.86. The van der Waals surface area contributed by atoms with Gasteiger partial charge >= 0.3 is 0 Å². The quantitative estimate of drug-likeness (QED) is 0.150. The fraction of sp³-hybridized carbons (Fsp3) is 0. The van der Waals surface area contributed by atoms with Gasteiger partial charge in [-0.3, -0.25) is 0 Å². The van der Waals surface area contributed by atoms with Crippen LogP contribution < -0.4 is 9.80 Å². The Morgan fingerprint density at radius 2 is 0.575 bits per heavy atom. The van der Waals surface area contributed by atoms with Gasteiger partial charge in [-0.2, -0.15) is 21.0 Å². The standard InChI is InChI=1S/C70H38N8S2/c71-39-57-59(41-73)70(78-62-32-30-48(76(45-21-9-3-10-22-45)46-23-11-4-12-24-46)34-52(62)54-36-56-50-26-14-16-28-66(50)80-68(56)38-64(54)78)60(42-74)58(40-72)69(57)77-61-31-29-47(75(43-17-5-1-6-18-43)44-19-7-2-8-20-44)33-51(61)53-35-55-49-25-13-15-27-65(49)79-67(55)37-63(53)77/h1-38H. The molecule has 0 aliphatic heterocycles. The van der Waals surface area contributed by atoms with Gasteiger partial charge < -0.3 is 18.9 Å². The van der Waals surface area contributed by atoms with Gasteiger partial charge in [-0.15, -0.1) is 22.7 Å². The fourth-order valence-electron chi connectivity index (χ4n) is 12.0. The number of nitrogens with zero attached hydrogens (tertiary/aromatic N) is 8. The average molecular weight is 1060 g/mol. The average Bonchev–Trinajstić information content (AvgIpc) is 4.44. The van der Waals surface area contributed by atoms with E-state index in [4.69, 9.17) is 0 Å². The predicted octanol–water partition coefficient (Wildman–Crippen LogP) is 19.0. The molecule has 0 radical (unpaired) electrons. The van der Waals surface area contributed by atoms with Crippen molar-refractivity contribution in [2.45, 2.75) is 0 Å². The van der Waals surface area contributed by atoms with Crippen LogP contribution in [0.2, 0.25) is 0 Å². The number of benzene rings is 11. The van der Waals surface area contributed by atoms with E-state index in [2.05, 4.69) is 168 Å². The van der Waals surface area contributed by atoms with Crippen LogP contribution in [0.3, 0.4) is 0 Å². The van der Waals surface area contributed by atoms with Crippen LogP contribution in [0.15, 0.2) is 231 Å². The molecule has 0 amide bonds. The Balaban J connectivity index is 1.04. The summed E-state index contributed by atoms with van der Waals surface area (Å²) >= 11 is 3.34. The molecule has 0 bridgehead atoms. The lowest BCUT2D eigenvalue weighted by molar-refractivity contribution is 1.10. The van der Waals surface area contributed by atoms with Gasteiger partial charge in [-0.1, -0.05) is 109 Å². The lowest BCUT2D eigenvalue weighted by atomic mass is 9.93. The normalized spacial score (nSPS) is 11.4. The molecule has 0 atom stereocenters. The van der Waals surface area contributed by atoms with Gasteiger partial charge in [0, 0.05) is 96.0 Å². The molecule has 15 rings (SSSR count). The molecule has 0 fully saturated rings. The largest absolute Gasteiger partial charge is 0.310 e. The van der Waals surface area contributed by atoms with Gasteiger partial charge in [0.1, 0.15) is 24.3 Å². The predicted molar refractivity (Wildman–Crippen MR) is 329 cm³/mol. The third-order valence-corrected chi connectivity index (χ3v) is 17.7. The molecule has 80 heavy (non-hydrogen) atoms. The first-order valence-electron chi connectivity index (χ1n) is 26.0. The number of thiophene rings is 2. The van der Waals surface area contributed by atoms with Crippen molar-refractivity contribution < 1.29 is 0 Å². The van der Waals surface area contributed by atoms with Gasteiger partial charge in [-0.25, -0.2) is 0 Å². The van der Waals surface area contributed by atoms with Crippen LogP contribution in [0.25, 0.3) is 95.3 Å². The summed E-state index contributed by atoms with van der Waals surface area (Å²) in [4.78, 5) is 4.42.